The molecule has 15 heavy (non-hydrogen) atoms. The van der Waals surface area contributed by atoms with Gasteiger partial charge in [-0.05, 0) is 17.7 Å². The molecule has 1 aromatic carbocycles. The van der Waals surface area contributed by atoms with Crippen LogP contribution in [0.25, 0.3) is 11.0 Å². The molecular weight excluding hydrogens is 188 g/mol. The largest absolute Gasteiger partial charge is 0.334 e. The Morgan fingerprint density at radius 1 is 1.60 bits per heavy atom. The first-order chi connectivity index (χ1) is 7.20. The number of benzene rings is 1. The Hall–Kier alpha value is -1.86. The summed E-state index contributed by atoms with van der Waals surface area (Å²) in [6.07, 6.45) is 2.35. The molecule has 0 aliphatic carbocycles. The molecule has 0 aliphatic rings. The number of fused-ring (bicyclic) bond motifs is 1. The van der Waals surface area contributed by atoms with Gasteiger partial charge in [0.15, 0.2) is 0 Å². The molecule has 4 nitrogen and oxygen atoms in total. The van der Waals surface area contributed by atoms with Gasteiger partial charge in [0.1, 0.15) is 0 Å². The lowest BCUT2D eigenvalue weighted by Crippen LogP contribution is -2.19. The number of nitrogens with zero attached hydrogens (tertiary/aromatic N) is 3. The number of nitrogens with two attached hydrogens (primary N) is 1. The number of aryl methyl sites for hydroxylation is 1. The zero-order chi connectivity index (χ0) is 10.8. The molecule has 2 aromatic rings. The summed E-state index contributed by atoms with van der Waals surface area (Å²) in [4.78, 5) is 4.25. The summed E-state index contributed by atoms with van der Waals surface area (Å²) in [6.45, 7) is 0. The van der Waals surface area contributed by atoms with Gasteiger partial charge in [-0.2, -0.15) is 5.26 Å². The smallest absolute Gasteiger partial charge is 0.0968 e. The van der Waals surface area contributed by atoms with Crippen LogP contribution in [-0.2, 0) is 13.5 Å². The van der Waals surface area contributed by atoms with E-state index in [4.69, 9.17) is 11.0 Å². The first-order valence-corrected chi connectivity index (χ1v) is 4.76. The number of hydrogen-bond acceptors (Lipinski definition) is 3. The minimum atomic E-state index is -0.439. The van der Waals surface area contributed by atoms with E-state index in [9.17, 15) is 0 Å². The number of nitriles is 1. The second kappa shape index (κ2) is 3.71. The fourth-order valence-electron chi connectivity index (χ4n) is 1.61. The molecule has 0 saturated heterocycles. The summed E-state index contributed by atoms with van der Waals surface area (Å²) >= 11 is 0. The lowest BCUT2D eigenvalue weighted by Gasteiger charge is -2.03. The van der Waals surface area contributed by atoms with Gasteiger partial charge in [-0.25, -0.2) is 4.98 Å². The first-order valence-electron chi connectivity index (χ1n) is 4.76. The lowest BCUT2D eigenvalue weighted by molar-refractivity contribution is 0.824. The SMILES string of the molecule is Cn1cnc2cc(CC(N)C#N)ccc21. The third-order valence-corrected chi connectivity index (χ3v) is 2.41. The van der Waals surface area contributed by atoms with Crippen molar-refractivity contribution < 1.29 is 0 Å². The van der Waals surface area contributed by atoms with E-state index in [1.165, 1.54) is 0 Å². The van der Waals surface area contributed by atoms with Gasteiger partial charge in [-0.1, -0.05) is 6.07 Å². The molecule has 2 N–H and O–H groups in total. The fourth-order valence-corrected chi connectivity index (χ4v) is 1.61. The summed E-state index contributed by atoms with van der Waals surface area (Å²) in [5.74, 6) is 0. The molecule has 0 bridgehead atoms. The minimum Gasteiger partial charge on any atom is -0.334 e. The number of aromatic nitrogens is 2. The van der Waals surface area contributed by atoms with Gasteiger partial charge in [0.05, 0.1) is 29.5 Å². The van der Waals surface area contributed by atoms with Crippen LogP contribution in [0.1, 0.15) is 5.56 Å². The third-order valence-electron chi connectivity index (χ3n) is 2.41. The monoisotopic (exact) mass is 200 g/mol. The summed E-state index contributed by atoms with van der Waals surface area (Å²) in [5.41, 5.74) is 8.65. The van der Waals surface area contributed by atoms with Gasteiger partial charge in [-0.3, -0.25) is 0 Å². The Bertz CT molecular complexity index is 521. The fraction of sp³-hybridized carbons (Fsp3) is 0.273. The molecule has 0 amide bonds. The van der Waals surface area contributed by atoms with Crippen molar-refractivity contribution >= 4 is 11.0 Å². The van der Waals surface area contributed by atoms with Crippen LogP contribution in [0.2, 0.25) is 0 Å². The maximum Gasteiger partial charge on any atom is 0.0968 e. The van der Waals surface area contributed by atoms with E-state index in [2.05, 4.69) is 4.98 Å². The van der Waals surface area contributed by atoms with Crippen LogP contribution in [0.15, 0.2) is 24.5 Å². The van der Waals surface area contributed by atoms with Crippen LogP contribution in [0.5, 0.6) is 0 Å². The van der Waals surface area contributed by atoms with Gasteiger partial charge in [-0.15, -0.1) is 0 Å². The summed E-state index contributed by atoms with van der Waals surface area (Å²) in [7, 11) is 1.95. The molecule has 0 radical (unpaired) electrons. The molecule has 0 spiro atoms. The van der Waals surface area contributed by atoms with Gasteiger partial charge in [0.25, 0.3) is 0 Å². The van der Waals surface area contributed by atoms with Crippen molar-refractivity contribution in [3.63, 3.8) is 0 Å². The molecule has 4 heteroatoms. The number of hydrogen-bond donors (Lipinski definition) is 1. The lowest BCUT2D eigenvalue weighted by atomic mass is 10.1. The number of rotatable bonds is 2. The van der Waals surface area contributed by atoms with E-state index < -0.39 is 6.04 Å². The molecule has 0 aliphatic heterocycles. The van der Waals surface area contributed by atoms with Crippen molar-refractivity contribution in [3.8, 4) is 6.07 Å². The van der Waals surface area contributed by atoms with Crippen molar-refractivity contribution in [3.05, 3.63) is 30.1 Å². The van der Waals surface area contributed by atoms with Crippen LogP contribution in [0.4, 0.5) is 0 Å². The standard InChI is InChI=1S/C11H12N4/c1-15-7-14-10-5-8(2-3-11(10)15)4-9(13)6-12/h2-3,5,7,9H,4,13H2,1H3. The Balaban J connectivity index is 2.36. The van der Waals surface area contributed by atoms with Crippen molar-refractivity contribution in [2.75, 3.05) is 0 Å². The van der Waals surface area contributed by atoms with Crippen molar-refractivity contribution in [1.29, 1.82) is 5.26 Å². The molecular formula is C11H12N4. The average Bonchev–Trinajstić information content (AvgIpc) is 2.60. The van der Waals surface area contributed by atoms with E-state index in [0.717, 1.165) is 16.6 Å². The van der Waals surface area contributed by atoms with E-state index in [1.807, 2.05) is 35.9 Å². The molecule has 0 saturated carbocycles. The molecule has 1 aromatic heterocycles. The molecule has 76 valence electrons. The van der Waals surface area contributed by atoms with E-state index in [0.29, 0.717) is 6.42 Å². The molecule has 1 heterocycles. The van der Waals surface area contributed by atoms with Crippen molar-refractivity contribution in [1.82, 2.24) is 9.55 Å². The van der Waals surface area contributed by atoms with Gasteiger partial charge < -0.3 is 10.3 Å². The summed E-state index contributed by atoms with van der Waals surface area (Å²) in [5, 5.41) is 8.62. The van der Waals surface area contributed by atoms with Crippen molar-refractivity contribution in [2.24, 2.45) is 12.8 Å². The van der Waals surface area contributed by atoms with E-state index >= 15 is 0 Å². The first kappa shape index (κ1) is 9.69. The van der Waals surface area contributed by atoms with Crippen molar-refractivity contribution in [2.45, 2.75) is 12.5 Å². The maximum absolute atomic E-state index is 8.62. The van der Waals surface area contributed by atoms with E-state index in [-0.39, 0.29) is 0 Å². The van der Waals surface area contributed by atoms with Crippen LogP contribution in [0, 0.1) is 11.3 Å². The molecule has 0 fully saturated rings. The summed E-state index contributed by atoms with van der Waals surface area (Å²) in [6, 6.07) is 7.55. The highest BCUT2D eigenvalue weighted by atomic mass is 15.0. The Morgan fingerprint density at radius 3 is 3.13 bits per heavy atom. The highest BCUT2D eigenvalue weighted by molar-refractivity contribution is 5.75. The third kappa shape index (κ3) is 1.83. The molecule has 2 rings (SSSR count). The average molecular weight is 200 g/mol. The van der Waals surface area contributed by atoms with Crippen LogP contribution in [-0.4, -0.2) is 15.6 Å². The zero-order valence-electron chi connectivity index (χ0n) is 8.51. The van der Waals surface area contributed by atoms with Crippen LogP contribution in [0.3, 0.4) is 0 Å². The Kier molecular flexibility index (Phi) is 2.40. The Morgan fingerprint density at radius 2 is 2.40 bits per heavy atom. The van der Waals surface area contributed by atoms with Gasteiger partial charge in [0.2, 0.25) is 0 Å². The van der Waals surface area contributed by atoms with Gasteiger partial charge in [0, 0.05) is 13.5 Å². The predicted molar refractivity (Wildman–Crippen MR) is 58.0 cm³/mol. The van der Waals surface area contributed by atoms with Crippen LogP contribution >= 0.6 is 0 Å². The highest BCUT2D eigenvalue weighted by Gasteiger charge is 2.04. The van der Waals surface area contributed by atoms with Crippen LogP contribution < -0.4 is 5.73 Å². The molecule has 1 atom stereocenters. The topological polar surface area (TPSA) is 67.6 Å². The quantitative estimate of drug-likeness (QED) is 0.785. The maximum atomic E-state index is 8.62. The molecule has 1 unspecified atom stereocenters. The highest BCUT2D eigenvalue weighted by Crippen LogP contribution is 2.14. The predicted octanol–water partition coefficient (Wildman–Crippen LogP) is 0.967. The normalized spacial score (nSPS) is 12.6. The number of imidazole rings is 1. The second-order valence-corrected chi connectivity index (χ2v) is 3.62. The Labute approximate surface area is 87.9 Å². The minimum absolute atomic E-state index is 0.439. The zero-order valence-corrected chi connectivity index (χ0v) is 8.51. The van der Waals surface area contributed by atoms with E-state index in [1.54, 1.807) is 6.33 Å². The second-order valence-electron chi connectivity index (χ2n) is 3.62. The van der Waals surface area contributed by atoms with Gasteiger partial charge >= 0.3 is 0 Å². The summed E-state index contributed by atoms with van der Waals surface area (Å²) < 4.78 is 1.96.